The molecular weight excluding hydrogens is 326 g/mol. The molecule has 2 aromatic carbocycles. The van der Waals surface area contributed by atoms with Gasteiger partial charge in [-0.15, -0.1) is 0 Å². The fourth-order valence-electron chi connectivity index (χ4n) is 2.73. The summed E-state index contributed by atoms with van der Waals surface area (Å²) in [6.45, 7) is 1.38. The van der Waals surface area contributed by atoms with Crippen molar-refractivity contribution in [1.29, 1.82) is 0 Å². The van der Waals surface area contributed by atoms with Crippen LogP contribution in [0.15, 0.2) is 54.6 Å². The normalized spacial score (nSPS) is 11.8. The van der Waals surface area contributed by atoms with Crippen LogP contribution in [0.2, 0.25) is 0 Å². The van der Waals surface area contributed by atoms with E-state index in [1.54, 1.807) is 11.9 Å². The number of hydrogen-bond donors (Lipinski definition) is 2. The Labute approximate surface area is 156 Å². The molecule has 0 bridgehead atoms. The van der Waals surface area contributed by atoms with Crippen LogP contribution in [-0.2, 0) is 4.79 Å². The topological polar surface area (TPSA) is 67.6 Å². The predicted molar refractivity (Wildman–Crippen MR) is 106 cm³/mol. The first kappa shape index (κ1) is 19.9. The second-order valence-electron chi connectivity index (χ2n) is 6.25. The first-order valence-corrected chi connectivity index (χ1v) is 9.08. The van der Waals surface area contributed by atoms with E-state index >= 15 is 0 Å². The van der Waals surface area contributed by atoms with Crippen molar-refractivity contribution >= 4 is 11.6 Å². The van der Waals surface area contributed by atoms with Crippen LogP contribution in [0.5, 0.6) is 5.75 Å². The molecule has 1 amide bonds. The molecule has 26 heavy (non-hydrogen) atoms. The number of rotatable bonds is 10. The van der Waals surface area contributed by atoms with Crippen LogP contribution in [0.25, 0.3) is 0 Å². The van der Waals surface area contributed by atoms with Gasteiger partial charge in [0.25, 0.3) is 0 Å². The third-order valence-electron chi connectivity index (χ3n) is 4.28. The van der Waals surface area contributed by atoms with Gasteiger partial charge in [-0.05, 0) is 44.3 Å². The Morgan fingerprint density at radius 2 is 1.96 bits per heavy atom. The van der Waals surface area contributed by atoms with Crippen molar-refractivity contribution in [3.8, 4) is 5.75 Å². The molecule has 0 aliphatic carbocycles. The van der Waals surface area contributed by atoms with Crippen molar-refractivity contribution < 1.29 is 9.53 Å². The molecule has 2 aromatic rings. The summed E-state index contributed by atoms with van der Waals surface area (Å²) in [6, 6.07) is 17.9. The van der Waals surface area contributed by atoms with E-state index in [1.165, 1.54) is 0 Å². The highest BCUT2D eigenvalue weighted by Crippen LogP contribution is 2.27. The van der Waals surface area contributed by atoms with Crippen molar-refractivity contribution in [2.75, 3.05) is 32.1 Å². The Bertz CT molecular complexity index is 676. The van der Waals surface area contributed by atoms with Crippen LogP contribution in [0.4, 0.5) is 5.69 Å². The summed E-state index contributed by atoms with van der Waals surface area (Å²) in [7, 11) is 3.72. The van der Waals surface area contributed by atoms with Crippen LogP contribution in [0.3, 0.4) is 0 Å². The molecule has 5 nitrogen and oxygen atoms in total. The highest BCUT2D eigenvalue weighted by Gasteiger charge is 2.15. The third kappa shape index (κ3) is 5.86. The molecule has 0 aliphatic heterocycles. The van der Waals surface area contributed by atoms with Gasteiger partial charge >= 0.3 is 0 Å². The molecule has 1 atom stereocenters. The van der Waals surface area contributed by atoms with Gasteiger partial charge in [0.2, 0.25) is 5.91 Å². The van der Waals surface area contributed by atoms with Gasteiger partial charge in [0.1, 0.15) is 11.9 Å². The van der Waals surface area contributed by atoms with Gasteiger partial charge in [0.15, 0.2) is 0 Å². The highest BCUT2D eigenvalue weighted by atomic mass is 16.5. The maximum absolute atomic E-state index is 12.2. The molecule has 0 heterocycles. The number of anilines is 1. The second kappa shape index (κ2) is 10.6. The van der Waals surface area contributed by atoms with E-state index in [2.05, 4.69) is 17.4 Å². The van der Waals surface area contributed by atoms with Crippen LogP contribution in [0.1, 0.15) is 30.9 Å². The number of nitrogens with two attached hydrogens (primary N) is 1. The van der Waals surface area contributed by atoms with E-state index in [0.717, 1.165) is 30.0 Å². The monoisotopic (exact) mass is 355 g/mol. The number of nitrogens with one attached hydrogen (secondary N) is 1. The summed E-state index contributed by atoms with van der Waals surface area (Å²) in [4.78, 5) is 13.9. The van der Waals surface area contributed by atoms with Gasteiger partial charge in [-0.3, -0.25) is 4.79 Å². The number of ether oxygens (including phenoxy) is 1. The molecule has 2 rings (SSSR count). The average molecular weight is 355 g/mol. The van der Waals surface area contributed by atoms with Crippen LogP contribution in [-0.4, -0.2) is 33.1 Å². The SMILES string of the molecule is CNCCC(Oc1cccc(N(C)C(=O)CCCN)c1)c1ccccc1. The van der Waals surface area contributed by atoms with Gasteiger partial charge in [-0.2, -0.15) is 0 Å². The molecular formula is C21H29N3O2. The lowest BCUT2D eigenvalue weighted by molar-refractivity contribution is -0.118. The zero-order chi connectivity index (χ0) is 18.8. The average Bonchev–Trinajstić information content (AvgIpc) is 2.69. The Morgan fingerprint density at radius 1 is 1.19 bits per heavy atom. The van der Waals surface area contributed by atoms with Crippen molar-refractivity contribution in [2.45, 2.75) is 25.4 Å². The molecule has 0 aliphatic rings. The summed E-state index contributed by atoms with van der Waals surface area (Å²) < 4.78 is 6.26. The molecule has 3 N–H and O–H groups in total. The summed E-state index contributed by atoms with van der Waals surface area (Å²) in [5.41, 5.74) is 7.46. The van der Waals surface area contributed by atoms with E-state index in [0.29, 0.717) is 19.4 Å². The fourth-order valence-corrected chi connectivity index (χ4v) is 2.73. The predicted octanol–water partition coefficient (Wildman–Crippen LogP) is 3.12. The lowest BCUT2D eigenvalue weighted by Crippen LogP contribution is -2.26. The van der Waals surface area contributed by atoms with Crippen molar-refractivity contribution in [3.63, 3.8) is 0 Å². The maximum atomic E-state index is 12.2. The minimum absolute atomic E-state index is 0.0443. The van der Waals surface area contributed by atoms with Crippen molar-refractivity contribution in [1.82, 2.24) is 5.32 Å². The highest BCUT2D eigenvalue weighted by molar-refractivity contribution is 5.92. The lowest BCUT2D eigenvalue weighted by Gasteiger charge is -2.22. The van der Waals surface area contributed by atoms with Gasteiger partial charge in [0, 0.05) is 31.6 Å². The zero-order valence-corrected chi connectivity index (χ0v) is 15.7. The molecule has 0 saturated carbocycles. The number of carbonyl (C=O) groups excluding carboxylic acids is 1. The minimum atomic E-state index is -0.0443. The Morgan fingerprint density at radius 3 is 2.65 bits per heavy atom. The minimum Gasteiger partial charge on any atom is -0.486 e. The number of hydrogen-bond acceptors (Lipinski definition) is 4. The molecule has 0 fully saturated rings. The van der Waals surface area contributed by atoms with Crippen molar-refractivity contribution in [2.24, 2.45) is 5.73 Å². The molecule has 1 unspecified atom stereocenters. The standard InChI is InChI=1S/C21H29N3O2/c1-23-15-13-20(17-8-4-3-5-9-17)26-19-11-6-10-18(16-19)24(2)21(25)12-7-14-22/h3-6,8-11,16,20,23H,7,12-15,22H2,1-2H3. The molecule has 140 valence electrons. The summed E-state index contributed by atoms with van der Waals surface area (Å²) in [6.07, 6.45) is 1.96. The maximum Gasteiger partial charge on any atom is 0.226 e. The first-order chi connectivity index (χ1) is 12.7. The quantitative estimate of drug-likeness (QED) is 0.687. The molecule has 5 heteroatoms. The largest absolute Gasteiger partial charge is 0.486 e. The molecule has 0 spiro atoms. The van der Waals surface area contributed by atoms with Gasteiger partial charge < -0.3 is 20.7 Å². The zero-order valence-electron chi connectivity index (χ0n) is 15.7. The Balaban J connectivity index is 2.13. The smallest absolute Gasteiger partial charge is 0.226 e. The third-order valence-corrected chi connectivity index (χ3v) is 4.28. The van der Waals surface area contributed by atoms with Gasteiger partial charge in [-0.1, -0.05) is 36.4 Å². The van der Waals surface area contributed by atoms with E-state index < -0.39 is 0 Å². The number of amides is 1. The summed E-state index contributed by atoms with van der Waals surface area (Å²) in [5.74, 6) is 0.813. The van der Waals surface area contributed by atoms with Crippen molar-refractivity contribution in [3.05, 3.63) is 60.2 Å². The number of nitrogens with zero attached hydrogens (tertiary/aromatic N) is 1. The van der Waals surface area contributed by atoms with Gasteiger partial charge in [0.05, 0.1) is 0 Å². The number of carbonyl (C=O) groups is 1. The van der Waals surface area contributed by atoms with E-state index in [-0.39, 0.29) is 12.0 Å². The van der Waals surface area contributed by atoms with E-state index in [1.807, 2.05) is 49.5 Å². The molecule has 0 radical (unpaired) electrons. The molecule has 0 aromatic heterocycles. The molecule has 0 saturated heterocycles. The van der Waals surface area contributed by atoms with E-state index in [9.17, 15) is 4.79 Å². The van der Waals surface area contributed by atoms with E-state index in [4.69, 9.17) is 10.5 Å². The summed E-state index contributed by atoms with van der Waals surface area (Å²) in [5, 5.41) is 3.17. The van der Waals surface area contributed by atoms with Crippen LogP contribution < -0.4 is 20.7 Å². The first-order valence-electron chi connectivity index (χ1n) is 9.08. The summed E-state index contributed by atoms with van der Waals surface area (Å²) >= 11 is 0. The fraction of sp³-hybridized carbons (Fsp3) is 0.381. The Kier molecular flexibility index (Phi) is 8.12. The number of benzene rings is 2. The lowest BCUT2D eigenvalue weighted by atomic mass is 10.1. The second-order valence-corrected chi connectivity index (χ2v) is 6.25. The van der Waals surface area contributed by atoms with Crippen LogP contribution in [0, 0.1) is 0 Å². The Hall–Kier alpha value is -2.37. The van der Waals surface area contributed by atoms with Crippen LogP contribution >= 0.6 is 0 Å². The van der Waals surface area contributed by atoms with Gasteiger partial charge in [-0.25, -0.2) is 0 Å².